The van der Waals surface area contributed by atoms with Gasteiger partial charge in [0.05, 0.1) is 37.9 Å². The van der Waals surface area contributed by atoms with Crippen molar-refractivity contribution in [2.24, 2.45) is 28.1 Å². The second-order valence-electron chi connectivity index (χ2n) is 15.4. The first kappa shape index (κ1) is 37.3. The van der Waals surface area contributed by atoms with Gasteiger partial charge >= 0.3 is 29.8 Å². The van der Waals surface area contributed by atoms with Crippen molar-refractivity contribution in [1.29, 1.82) is 0 Å². The number of ether oxygens (including phenoxy) is 6. The third-order valence-electron chi connectivity index (χ3n) is 12.5. The second kappa shape index (κ2) is 13.8. The van der Waals surface area contributed by atoms with E-state index < -0.39 is 88.4 Å². The largest absolute Gasteiger partial charge is 0.472 e. The van der Waals surface area contributed by atoms with Crippen LogP contribution in [0.3, 0.4) is 0 Å². The van der Waals surface area contributed by atoms with Gasteiger partial charge in [-0.2, -0.15) is 0 Å². The lowest BCUT2D eigenvalue weighted by Gasteiger charge is -2.66. The van der Waals surface area contributed by atoms with Gasteiger partial charge in [-0.15, -0.1) is 0 Å². The maximum atomic E-state index is 14.2. The van der Waals surface area contributed by atoms with E-state index in [4.69, 9.17) is 32.8 Å². The maximum Gasteiger partial charge on any atom is 0.338 e. The molecule has 0 radical (unpaired) electrons. The first-order chi connectivity index (χ1) is 24.6. The molecule has 52 heavy (non-hydrogen) atoms. The minimum Gasteiger partial charge on any atom is -0.472 e. The highest BCUT2D eigenvalue weighted by molar-refractivity contribution is 5.89. The summed E-state index contributed by atoms with van der Waals surface area (Å²) in [5, 5.41) is 0. The molecule has 12 heteroatoms. The molecule has 2 heterocycles. The van der Waals surface area contributed by atoms with E-state index in [1.165, 1.54) is 27.9 Å². The molecule has 280 valence electrons. The average Bonchev–Trinajstić information content (AvgIpc) is 3.82. The van der Waals surface area contributed by atoms with Crippen LogP contribution < -0.4 is 0 Å². The number of carbonyl (C=O) groups is 5. The Morgan fingerprint density at radius 1 is 0.846 bits per heavy atom. The molecule has 0 bridgehead atoms. The molecule has 2 saturated carbocycles. The predicted molar refractivity (Wildman–Crippen MR) is 183 cm³/mol. The fraction of sp³-hybridized carbons (Fsp3) is 0.575. The van der Waals surface area contributed by atoms with Gasteiger partial charge in [-0.1, -0.05) is 44.5 Å². The molecule has 1 saturated heterocycles. The maximum absolute atomic E-state index is 14.2. The molecule has 2 unspecified atom stereocenters. The Hall–Kier alpha value is -4.45. The lowest BCUT2D eigenvalue weighted by molar-refractivity contribution is -0.256. The first-order valence-electron chi connectivity index (χ1n) is 17.8. The van der Waals surface area contributed by atoms with Gasteiger partial charge in [-0.3, -0.25) is 19.2 Å². The number of hydrogen-bond acceptors (Lipinski definition) is 12. The molecule has 3 fully saturated rings. The summed E-state index contributed by atoms with van der Waals surface area (Å²) < 4.78 is 42.5. The first-order valence-corrected chi connectivity index (χ1v) is 17.8. The predicted octanol–water partition coefficient (Wildman–Crippen LogP) is 5.73. The Kier molecular flexibility index (Phi) is 9.93. The molecule has 4 aliphatic rings. The molecule has 12 nitrogen and oxygen atoms in total. The van der Waals surface area contributed by atoms with Gasteiger partial charge < -0.3 is 32.8 Å². The van der Waals surface area contributed by atoms with E-state index in [9.17, 15) is 24.0 Å². The van der Waals surface area contributed by atoms with E-state index in [1.54, 1.807) is 42.9 Å². The molecule has 11 atom stereocenters. The zero-order chi connectivity index (χ0) is 37.7. The van der Waals surface area contributed by atoms with Crippen LogP contribution in [0.2, 0.25) is 0 Å². The highest BCUT2D eigenvalue weighted by Crippen LogP contribution is 2.72. The summed E-state index contributed by atoms with van der Waals surface area (Å²) in [7, 11) is 1.31. The van der Waals surface area contributed by atoms with E-state index in [0.29, 0.717) is 17.6 Å². The zero-order valence-corrected chi connectivity index (χ0v) is 31.0. The van der Waals surface area contributed by atoms with E-state index in [2.05, 4.69) is 0 Å². The summed E-state index contributed by atoms with van der Waals surface area (Å²) in [5.41, 5.74) is -0.441. The van der Waals surface area contributed by atoms with E-state index in [-0.39, 0.29) is 25.4 Å². The van der Waals surface area contributed by atoms with Crippen molar-refractivity contribution in [2.75, 3.05) is 13.7 Å². The van der Waals surface area contributed by atoms with Crippen LogP contribution in [0.15, 0.2) is 64.5 Å². The minimum atomic E-state index is -1.28. The molecule has 0 amide bonds. The fourth-order valence-corrected chi connectivity index (χ4v) is 10.6. The molecule has 3 aliphatic carbocycles. The molecule has 1 aliphatic heterocycles. The summed E-state index contributed by atoms with van der Waals surface area (Å²) in [4.78, 5) is 66.1. The molecule has 6 rings (SSSR count). The van der Waals surface area contributed by atoms with E-state index in [1.807, 2.05) is 33.8 Å². The van der Waals surface area contributed by atoms with Crippen molar-refractivity contribution in [3.63, 3.8) is 0 Å². The molecular weight excluding hydrogens is 672 g/mol. The van der Waals surface area contributed by atoms with Gasteiger partial charge in [-0.05, 0) is 48.6 Å². The highest BCUT2D eigenvalue weighted by atomic mass is 16.6. The van der Waals surface area contributed by atoms with Crippen molar-refractivity contribution < 1.29 is 56.8 Å². The lowest BCUT2D eigenvalue weighted by Crippen LogP contribution is -2.72. The van der Waals surface area contributed by atoms with Crippen LogP contribution >= 0.6 is 0 Å². The topological polar surface area (TPSA) is 154 Å². The smallest absolute Gasteiger partial charge is 0.338 e. The molecule has 1 aromatic heterocycles. The SMILES string of the molecule is COC(=O)C[C@H]1[C@](C)(C2=C(C)[C@H](c3ccoc3)C[C@@H]2OC(C)=O)[C@@H](OC(=O)c2ccccc2)C2OC[C@@]3(C)C2[C@]1(C)[C@@H](OC(C)=O)C[C@H]3OC(C)=O. The van der Waals surface area contributed by atoms with Gasteiger partial charge in [0.1, 0.15) is 24.4 Å². The molecule has 2 aromatic rings. The van der Waals surface area contributed by atoms with Crippen molar-refractivity contribution >= 4 is 29.8 Å². The van der Waals surface area contributed by atoms with Crippen LogP contribution in [0.1, 0.15) is 89.6 Å². The Bertz CT molecular complexity index is 1750. The summed E-state index contributed by atoms with van der Waals surface area (Å²) in [6.07, 6.45) is -0.670. The average molecular weight is 721 g/mol. The number of benzene rings is 1. The number of carbonyl (C=O) groups excluding carboxylic acids is 5. The van der Waals surface area contributed by atoms with Gasteiger partial charge in [0.25, 0.3) is 0 Å². The quantitative estimate of drug-likeness (QED) is 0.176. The molecular formula is C40H48O12. The Labute approximate surface area is 303 Å². The van der Waals surface area contributed by atoms with E-state index in [0.717, 1.165) is 11.1 Å². The number of allylic oxidation sites excluding steroid dienone is 1. The number of esters is 5. The molecule has 0 spiro atoms. The standard InChI is InChI=1S/C40H48O12/c1-21-27(26-14-15-47-19-26)16-28(49-22(2)41)33(21)40(7)29(17-32(44)46-8)39(6)31(51-24(4)43)18-30(50-23(3)42)38(5)20-48-34(35(38)39)36(40)52-37(45)25-12-10-9-11-13-25/h9-15,19,27-31,34-36H,16-18,20H2,1-8H3/t27-,28+,29-,30-,31+,34?,35?,36+,38-,39+,40-/m1/s1. The third-order valence-corrected chi connectivity index (χ3v) is 12.5. The molecule has 0 N–H and O–H groups in total. The summed E-state index contributed by atoms with van der Waals surface area (Å²) in [6, 6.07) is 10.4. The van der Waals surface area contributed by atoms with Crippen LogP contribution in [0.5, 0.6) is 0 Å². The lowest BCUT2D eigenvalue weighted by atomic mass is 9.39. The fourth-order valence-electron chi connectivity index (χ4n) is 10.6. The van der Waals surface area contributed by atoms with E-state index >= 15 is 0 Å². The van der Waals surface area contributed by atoms with Crippen molar-refractivity contribution in [3.05, 3.63) is 71.2 Å². The van der Waals surface area contributed by atoms with Crippen LogP contribution in [-0.4, -0.2) is 74.1 Å². The van der Waals surface area contributed by atoms with Gasteiger partial charge in [0, 0.05) is 61.7 Å². The number of methoxy groups -OCH3 is 1. The Morgan fingerprint density at radius 2 is 1.50 bits per heavy atom. The van der Waals surface area contributed by atoms with Crippen LogP contribution in [-0.2, 0) is 47.6 Å². The van der Waals surface area contributed by atoms with Crippen LogP contribution in [0.4, 0.5) is 0 Å². The second-order valence-corrected chi connectivity index (χ2v) is 15.4. The highest BCUT2D eigenvalue weighted by Gasteiger charge is 2.77. The summed E-state index contributed by atoms with van der Waals surface area (Å²) >= 11 is 0. The Balaban J connectivity index is 1.65. The Morgan fingerprint density at radius 3 is 2.10 bits per heavy atom. The van der Waals surface area contributed by atoms with Crippen LogP contribution in [0, 0.1) is 28.1 Å². The van der Waals surface area contributed by atoms with Crippen molar-refractivity contribution in [3.8, 4) is 0 Å². The van der Waals surface area contributed by atoms with Gasteiger partial charge in [0.2, 0.25) is 0 Å². The van der Waals surface area contributed by atoms with Crippen LogP contribution in [0.25, 0.3) is 0 Å². The zero-order valence-electron chi connectivity index (χ0n) is 31.0. The van der Waals surface area contributed by atoms with Gasteiger partial charge in [-0.25, -0.2) is 4.79 Å². The van der Waals surface area contributed by atoms with Gasteiger partial charge in [0.15, 0.2) is 0 Å². The number of rotatable bonds is 9. The number of hydrogen-bond donors (Lipinski definition) is 0. The monoisotopic (exact) mass is 720 g/mol. The summed E-state index contributed by atoms with van der Waals surface area (Å²) in [6.45, 7) is 12.0. The minimum absolute atomic E-state index is 0.131. The third kappa shape index (κ3) is 6.02. The summed E-state index contributed by atoms with van der Waals surface area (Å²) in [5.74, 6) is -4.22. The normalized spacial score (nSPS) is 36.4. The molecule has 1 aromatic carbocycles. The van der Waals surface area contributed by atoms with Crippen molar-refractivity contribution in [1.82, 2.24) is 0 Å². The van der Waals surface area contributed by atoms with Crippen molar-refractivity contribution in [2.45, 2.75) is 104 Å². The number of furan rings is 1.